The molecule has 0 radical (unpaired) electrons. The standard InChI is InChI=1S/C13H22N4O2S/c1-2-15-13-17-11(14)10(20-13)12(19)16-6-8-4-3-5-9(8)7-18/h8-9,18H,2-7,14H2,1H3,(H,15,17)(H,16,19). The molecule has 0 aliphatic heterocycles. The first kappa shape index (κ1) is 15.1. The van der Waals surface area contributed by atoms with Gasteiger partial charge in [0.05, 0.1) is 0 Å². The summed E-state index contributed by atoms with van der Waals surface area (Å²) >= 11 is 1.27. The second-order valence-electron chi connectivity index (χ2n) is 5.11. The van der Waals surface area contributed by atoms with Crippen LogP contribution in [0.15, 0.2) is 0 Å². The van der Waals surface area contributed by atoms with Crippen LogP contribution in [-0.4, -0.2) is 35.7 Å². The Balaban J connectivity index is 1.91. The largest absolute Gasteiger partial charge is 0.396 e. The van der Waals surface area contributed by atoms with E-state index in [2.05, 4.69) is 15.6 Å². The van der Waals surface area contributed by atoms with E-state index < -0.39 is 0 Å². The number of aromatic nitrogens is 1. The summed E-state index contributed by atoms with van der Waals surface area (Å²) in [6, 6.07) is 0. The van der Waals surface area contributed by atoms with Crippen molar-refractivity contribution in [1.82, 2.24) is 10.3 Å². The van der Waals surface area contributed by atoms with Crippen molar-refractivity contribution in [3.05, 3.63) is 4.88 Å². The average Bonchev–Trinajstić information content (AvgIpc) is 3.02. The van der Waals surface area contributed by atoms with Gasteiger partial charge in [-0.15, -0.1) is 0 Å². The van der Waals surface area contributed by atoms with Crippen LogP contribution in [0.3, 0.4) is 0 Å². The van der Waals surface area contributed by atoms with Gasteiger partial charge < -0.3 is 21.5 Å². The molecule has 112 valence electrons. The molecule has 1 aromatic heterocycles. The smallest absolute Gasteiger partial charge is 0.265 e. The van der Waals surface area contributed by atoms with Gasteiger partial charge in [-0.25, -0.2) is 4.98 Å². The molecule has 0 spiro atoms. The second-order valence-corrected chi connectivity index (χ2v) is 6.11. The Labute approximate surface area is 122 Å². The Morgan fingerprint density at radius 3 is 2.95 bits per heavy atom. The summed E-state index contributed by atoms with van der Waals surface area (Å²) in [6.07, 6.45) is 3.23. The van der Waals surface area contributed by atoms with Crippen LogP contribution in [0.4, 0.5) is 10.9 Å². The molecule has 1 aliphatic rings. The maximum atomic E-state index is 12.1. The van der Waals surface area contributed by atoms with E-state index >= 15 is 0 Å². The van der Waals surface area contributed by atoms with Gasteiger partial charge >= 0.3 is 0 Å². The Bertz CT molecular complexity index is 463. The Morgan fingerprint density at radius 2 is 2.25 bits per heavy atom. The third kappa shape index (κ3) is 3.40. The van der Waals surface area contributed by atoms with Crippen molar-refractivity contribution in [3.63, 3.8) is 0 Å². The molecule has 0 aromatic carbocycles. The van der Waals surface area contributed by atoms with Crippen LogP contribution in [0.2, 0.25) is 0 Å². The van der Waals surface area contributed by atoms with Gasteiger partial charge in [0.15, 0.2) is 5.13 Å². The van der Waals surface area contributed by atoms with Gasteiger partial charge in [-0.3, -0.25) is 4.79 Å². The molecule has 2 atom stereocenters. The first-order valence-electron chi connectivity index (χ1n) is 7.05. The molecule has 20 heavy (non-hydrogen) atoms. The zero-order valence-corrected chi connectivity index (χ0v) is 12.5. The molecule has 1 heterocycles. The number of hydrogen-bond acceptors (Lipinski definition) is 6. The number of nitrogens with one attached hydrogen (secondary N) is 2. The maximum Gasteiger partial charge on any atom is 0.265 e. The highest BCUT2D eigenvalue weighted by atomic mass is 32.1. The van der Waals surface area contributed by atoms with E-state index in [0.717, 1.165) is 25.8 Å². The monoisotopic (exact) mass is 298 g/mol. The lowest BCUT2D eigenvalue weighted by atomic mass is 9.97. The molecule has 6 nitrogen and oxygen atoms in total. The number of anilines is 2. The summed E-state index contributed by atoms with van der Waals surface area (Å²) in [7, 11) is 0. The molecule has 7 heteroatoms. The van der Waals surface area contributed by atoms with Gasteiger partial charge in [0.2, 0.25) is 0 Å². The number of nitrogens with zero attached hydrogens (tertiary/aromatic N) is 1. The lowest BCUT2D eigenvalue weighted by Gasteiger charge is -2.17. The number of aliphatic hydroxyl groups excluding tert-OH is 1. The van der Waals surface area contributed by atoms with Crippen LogP contribution in [-0.2, 0) is 0 Å². The zero-order valence-electron chi connectivity index (χ0n) is 11.7. The Morgan fingerprint density at radius 1 is 1.50 bits per heavy atom. The van der Waals surface area contributed by atoms with E-state index in [9.17, 15) is 9.90 Å². The summed E-state index contributed by atoms with van der Waals surface area (Å²) in [6.45, 7) is 3.51. The van der Waals surface area contributed by atoms with Crippen molar-refractivity contribution in [1.29, 1.82) is 0 Å². The quantitative estimate of drug-likeness (QED) is 0.634. The molecule has 2 rings (SSSR count). The fraction of sp³-hybridized carbons (Fsp3) is 0.692. The minimum Gasteiger partial charge on any atom is -0.396 e. The molecule has 1 aliphatic carbocycles. The molecule has 1 fully saturated rings. The highest BCUT2D eigenvalue weighted by Gasteiger charge is 2.27. The average molecular weight is 298 g/mol. The first-order valence-corrected chi connectivity index (χ1v) is 7.86. The van der Waals surface area contributed by atoms with Gasteiger partial charge in [0.25, 0.3) is 5.91 Å². The third-order valence-electron chi connectivity index (χ3n) is 3.76. The molecule has 2 unspecified atom stereocenters. The number of aliphatic hydroxyl groups is 1. The summed E-state index contributed by atoms with van der Waals surface area (Å²) in [5.41, 5.74) is 5.77. The number of nitrogen functional groups attached to an aromatic ring is 1. The van der Waals surface area contributed by atoms with Crippen LogP contribution in [0, 0.1) is 11.8 Å². The van der Waals surface area contributed by atoms with E-state index in [4.69, 9.17) is 5.73 Å². The van der Waals surface area contributed by atoms with E-state index in [1.165, 1.54) is 11.3 Å². The molecule has 1 saturated carbocycles. The fourth-order valence-electron chi connectivity index (χ4n) is 2.65. The fourth-order valence-corrected chi connectivity index (χ4v) is 3.52. The van der Waals surface area contributed by atoms with E-state index in [0.29, 0.717) is 28.4 Å². The van der Waals surface area contributed by atoms with Crippen molar-refractivity contribution in [2.75, 3.05) is 30.7 Å². The van der Waals surface area contributed by atoms with E-state index in [1.54, 1.807) is 0 Å². The molecule has 0 saturated heterocycles. The van der Waals surface area contributed by atoms with Crippen molar-refractivity contribution in [2.24, 2.45) is 11.8 Å². The van der Waals surface area contributed by atoms with Crippen molar-refractivity contribution < 1.29 is 9.90 Å². The Hall–Kier alpha value is -1.34. The van der Waals surface area contributed by atoms with Crippen molar-refractivity contribution in [2.45, 2.75) is 26.2 Å². The van der Waals surface area contributed by atoms with Crippen LogP contribution < -0.4 is 16.4 Å². The highest BCUT2D eigenvalue weighted by molar-refractivity contribution is 7.18. The number of amides is 1. The zero-order chi connectivity index (χ0) is 14.5. The van der Waals surface area contributed by atoms with Gasteiger partial charge in [-0.05, 0) is 31.6 Å². The lowest BCUT2D eigenvalue weighted by Crippen LogP contribution is -2.31. The predicted octanol–water partition coefficient (Wildman–Crippen LogP) is 1.30. The van der Waals surface area contributed by atoms with Crippen LogP contribution in [0.1, 0.15) is 35.9 Å². The van der Waals surface area contributed by atoms with Crippen LogP contribution >= 0.6 is 11.3 Å². The number of thiazole rings is 1. The molecule has 0 bridgehead atoms. The number of rotatable bonds is 6. The third-order valence-corrected chi connectivity index (χ3v) is 4.79. The molecule has 1 aromatic rings. The number of carbonyl (C=O) groups excluding carboxylic acids is 1. The van der Waals surface area contributed by atoms with E-state index in [1.807, 2.05) is 6.92 Å². The summed E-state index contributed by atoms with van der Waals surface area (Å²) < 4.78 is 0. The predicted molar refractivity (Wildman–Crippen MR) is 80.9 cm³/mol. The molecular formula is C13H22N4O2S. The Kier molecular flexibility index (Phi) is 5.19. The molecule has 1 amide bonds. The number of hydrogen-bond donors (Lipinski definition) is 4. The minimum absolute atomic E-state index is 0.173. The topological polar surface area (TPSA) is 100 Å². The molecular weight excluding hydrogens is 276 g/mol. The summed E-state index contributed by atoms with van der Waals surface area (Å²) in [5, 5.41) is 15.9. The van der Waals surface area contributed by atoms with Crippen LogP contribution in [0.25, 0.3) is 0 Å². The maximum absolute atomic E-state index is 12.1. The number of carbonyl (C=O) groups is 1. The lowest BCUT2D eigenvalue weighted by molar-refractivity contribution is 0.0942. The van der Waals surface area contributed by atoms with Crippen molar-refractivity contribution >= 4 is 28.2 Å². The van der Waals surface area contributed by atoms with Crippen LogP contribution in [0.5, 0.6) is 0 Å². The minimum atomic E-state index is -0.173. The van der Waals surface area contributed by atoms with Gasteiger partial charge in [0, 0.05) is 19.7 Å². The summed E-state index contributed by atoms with van der Waals surface area (Å²) in [5.74, 6) is 0.777. The molecule has 5 N–H and O–H groups in total. The number of nitrogens with two attached hydrogens (primary N) is 1. The van der Waals surface area contributed by atoms with Gasteiger partial charge in [-0.2, -0.15) is 0 Å². The van der Waals surface area contributed by atoms with Gasteiger partial charge in [-0.1, -0.05) is 17.8 Å². The normalized spacial score (nSPS) is 21.9. The summed E-state index contributed by atoms with van der Waals surface area (Å²) in [4.78, 5) is 16.7. The van der Waals surface area contributed by atoms with Crippen molar-refractivity contribution in [3.8, 4) is 0 Å². The van der Waals surface area contributed by atoms with E-state index in [-0.39, 0.29) is 18.3 Å². The highest BCUT2D eigenvalue weighted by Crippen LogP contribution is 2.31. The first-order chi connectivity index (χ1) is 9.65. The van der Waals surface area contributed by atoms with Gasteiger partial charge in [0.1, 0.15) is 10.7 Å². The second kappa shape index (κ2) is 6.90. The SMILES string of the molecule is CCNc1nc(N)c(C(=O)NCC2CCCC2CO)s1.